The van der Waals surface area contributed by atoms with Crippen LogP contribution in [0, 0.1) is 14.9 Å². The van der Waals surface area contributed by atoms with Gasteiger partial charge < -0.3 is 5.73 Å². The molecule has 1 aromatic heterocycles. The number of rotatable bonds is 2. The summed E-state index contributed by atoms with van der Waals surface area (Å²) in [7, 11) is 0. The predicted octanol–water partition coefficient (Wildman–Crippen LogP) is 2.27. The molecule has 1 heterocycles. The van der Waals surface area contributed by atoms with Crippen molar-refractivity contribution in [2.45, 2.75) is 12.8 Å². The summed E-state index contributed by atoms with van der Waals surface area (Å²) in [5, 5.41) is 8.43. The van der Waals surface area contributed by atoms with Crippen molar-refractivity contribution in [1.29, 1.82) is 5.26 Å². The Morgan fingerprint density at radius 3 is 2.79 bits per heavy atom. The summed E-state index contributed by atoms with van der Waals surface area (Å²) in [6.07, 6.45) is -1.53. The highest BCUT2D eigenvalue weighted by Crippen LogP contribution is 2.29. The normalized spacial score (nSPS) is 10.2. The molecule has 14 heavy (non-hydrogen) atoms. The Labute approximate surface area is 93.1 Å². The molecule has 2 N–H and O–H groups in total. The average molecular weight is 309 g/mol. The molecule has 0 radical (unpaired) electrons. The number of hydrogen-bond donors (Lipinski definition) is 1. The van der Waals surface area contributed by atoms with Crippen LogP contribution in [-0.4, -0.2) is 4.98 Å². The zero-order chi connectivity index (χ0) is 10.7. The molecule has 0 aromatic carbocycles. The second-order valence-corrected chi connectivity index (χ2v) is 3.60. The number of aromatic nitrogens is 1. The van der Waals surface area contributed by atoms with Crippen LogP contribution in [0.3, 0.4) is 0 Å². The van der Waals surface area contributed by atoms with Gasteiger partial charge in [-0.3, -0.25) is 4.98 Å². The summed E-state index contributed by atoms with van der Waals surface area (Å²) < 4.78 is 25.1. The van der Waals surface area contributed by atoms with E-state index in [9.17, 15) is 8.78 Å². The van der Waals surface area contributed by atoms with E-state index in [0.717, 1.165) is 6.20 Å². The summed E-state index contributed by atoms with van der Waals surface area (Å²) in [5.41, 5.74) is 5.65. The van der Waals surface area contributed by atoms with Gasteiger partial charge in [-0.25, -0.2) is 8.78 Å². The third-order valence-corrected chi connectivity index (χ3v) is 2.85. The monoisotopic (exact) mass is 309 g/mol. The molecule has 74 valence electrons. The number of nitriles is 1. The van der Waals surface area contributed by atoms with Crippen molar-refractivity contribution in [2.75, 3.05) is 5.73 Å². The third-order valence-electron chi connectivity index (χ3n) is 1.64. The predicted molar refractivity (Wildman–Crippen MR) is 55.6 cm³/mol. The van der Waals surface area contributed by atoms with E-state index in [1.807, 2.05) is 28.7 Å². The lowest BCUT2D eigenvalue weighted by Gasteiger charge is -2.08. The molecule has 0 bridgehead atoms. The van der Waals surface area contributed by atoms with Crippen molar-refractivity contribution < 1.29 is 8.78 Å². The molecule has 1 rings (SSSR count). The maximum atomic E-state index is 12.3. The van der Waals surface area contributed by atoms with Crippen LogP contribution in [0.1, 0.15) is 17.7 Å². The molecular weight excluding hydrogens is 303 g/mol. The van der Waals surface area contributed by atoms with E-state index in [1.165, 1.54) is 0 Å². The van der Waals surface area contributed by atoms with Crippen LogP contribution >= 0.6 is 22.6 Å². The van der Waals surface area contributed by atoms with Gasteiger partial charge >= 0.3 is 0 Å². The first-order chi connectivity index (χ1) is 6.57. The van der Waals surface area contributed by atoms with Gasteiger partial charge in [-0.1, -0.05) is 0 Å². The topological polar surface area (TPSA) is 62.7 Å². The van der Waals surface area contributed by atoms with Gasteiger partial charge in [-0.15, -0.1) is 0 Å². The summed E-state index contributed by atoms with van der Waals surface area (Å²) in [4.78, 5) is 3.76. The van der Waals surface area contributed by atoms with Crippen LogP contribution < -0.4 is 5.73 Å². The van der Waals surface area contributed by atoms with Crippen molar-refractivity contribution in [3.8, 4) is 6.07 Å². The number of halogens is 3. The van der Waals surface area contributed by atoms with Crippen molar-refractivity contribution >= 4 is 28.3 Å². The summed E-state index contributed by atoms with van der Waals surface area (Å²) in [5.74, 6) is 0. The summed E-state index contributed by atoms with van der Waals surface area (Å²) in [6.45, 7) is 0. The first kappa shape index (κ1) is 11.1. The fourth-order valence-corrected chi connectivity index (χ4v) is 1.57. The van der Waals surface area contributed by atoms with Crippen molar-refractivity contribution in [3.05, 3.63) is 21.0 Å². The molecule has 3 nitrogen and oxygen atoms in total. The second kappa shape index (κ2) is 4.50. The van der Waals surface area contributed by atoms with Gasteiger partial charge in [0.15, 0.2) is 0 Å². The maximum Gasteiger partial charge on any atom is 0.267 e. The van der Waals surface area contributed by atoms with Crippen LogP contribution in [0.5, 0.6) is 0 Å². The Morgan fingerprint density at radius 2 is 2.29 bits per heavy atom. The van der Waals surface area contributed by atoms with Crippen molar-refractivity contribution in [1.82, 2.24) is 4.98 Å². The van der Waals surface area contributed by atoms with Crippen molar-refractivity contribution in [2.24, 2.45) is 0 Å². The number of nitrogens with two attached hydrogens (primary N) is 1. The molecule has 0 amide bonds. The molecule has 0 saturated carbocycles. The fraction of sp³-hybridized carbons (Fsp3) is 0.250. The van der Waals surface area contributed by atoms with E-state index in [4.69, 9.17) is 11.0 Å². The van der Waals surface area contributed by atoms with Gasteiger partial charge in [0.05, 0.1) is 33.0 Å². The minimum absolute atomic E-state index is 0.0147. The van der Waals surface area contributed by atoms with Gasteiger partial charge in [0, 0.05) is 6.20 Å². The smallest absolute Gasteiger partial charge is 0.267 e. The van der Waals surface area contributed by atoms with Gasteiger partial charge in [-0.05, 0) is 22.6 Å². The van der Waals surface area contributed by atoms with Crippen molar-refractivity contribution in [3.63, 3.8) is 0 Å². The minimum atomic E-state index is -2.63. The number of hydrogen-bond acceptors (Lipinski definition) is 3. The third kappa shape index (κ3) is 2.09. The molecular formula is C8H6F2IN3. The zero-order valence-electron chi connectivity index (χ0n) is 6.97. The lowest BCUT2D eigenvalue weighted by atomic mass is 10.2. The van der Waals surface area contributed by atoms with E-state index in [1.54, 1.807) is 0 Å². The summed E-state index contributed by atoms with van der Waals surface area (Å²) >= 11 is 1.82. The quantitative estimate of drug-likeness (QED) is 0.853. The molecule has 0 aliphatic carbocycles. The molecule has 0 fully saturated rings. The largest absolute Gasteiger partial charge is 0.397 e. The van der Waals surface area contributed by atoms with Crippen LogP contribution in [0.15, 0.2) is 6.20 Å². The Balaban J connectivity index is 3.20. The zero-order valence-corrected chi connectivity index (χ0v) is 9.12. The fourth-order valence-electron chi connectivity index (χ4n) is 0.928. The Morgan fingerprint density at radius 1 is 1.64 bits per heavy atom. The molecule has 1 aromatic rings. The van der Waals surface area contributed by atoms with E-state index in [2.05, 4.69) is 4.98 Å². The van der Waals surface area contributed by atoms with Crippen LogP contribution in [0.25, 0.3) is 0 Å². The first-order valence-corrected chi connectivity index (χ1v) is 4.73. The summed E-state index contributed by atoms with van der Waals surface area (Å²) in [6, 6.07) is 1.89. The molecule has 0 spiro atoms. The number of nitrogen functional groups attached to an aromatic ring is 1. The molecule has 0 saturated heterocycles. The molecule has 0 unspecified atom stereocenters. The SMILES string of the molecule is N#CCc1ncc(C(F)F)c(N)c1I. The Bertz CT molecular complexity index is 387. The lowest BCUT2D eigenvalue weighted by Crippen LogP contribution is -2.03. The molecule has 0 atom stereocenters. The number of nitrogens with zero attached hydrogens (tertiary/aromatic N) is 2. The highest BCUT2D eigenvalue weighted by Gasteiger charge is 2.16. The van der Waals surface area contributed by atoms with E-state index in [-0.39, 0.29) is 17.7 Å². The van der Waals surface area contributed by atoms with E-state index >= 15 is 0 Å². The number of alkyl halides is 2. The molecule has 0 aliphatic rings. The van der Waals surface area contributed by atoms with Gasteiger partial charge in [0.2, 0.25) is 0 Å². The number of pyridine rings is 1. The van der Waals surface area contributed by atoms with E-state index in [0.29, 0.717) is 9.26 Å². The average Bonchev–Trinajstić information content (AvgIpc) is 2.13. The van der Waals surface area contributed by atoms with Gasteiger partial charge in [-0.2, -0.15) is 5.26 Å². The van der Waals surface area contributed by atoms with E-state index < -0.39 is 6.43 Å². The van der Waals surface area contributed by atoms with Gasteiger partial charge in [0.25, 0.3) is 6.43 Å². The standard InChI is InChI=1S/C8H6F2IN3/c9-8(10)4-3-14-5(1-2-12)6(11)7(4)13/h3,8H,1H2,(H2,13,14). The number of anilines is 1. The lowest BCUT2D eigenvalue weighted by molar-refractivity contribution is 0.151. The van der Waals surface area contributed by atoms with Crippen LogP contribution in [0.2, 0.25) is 0 Å². The van der Waals surface area contributed by atoms with Gasteiger partial charge in [0.1, 0.15) is 0 Å². The first-order valence-electron chi connectivity index (χ1n) is 3.65. The van der Waals surface area contributed by atoms with Crippen LogP contribution in [-0.2, 0) is 6.42 Å². The second-order valence-electron chi connectivity index (χ2n) is 2.52. The highest BCUT2D eigenvalue weighted by atomic mass is 127. The molecule has 0 aliphatic heterocycles. The highest BCUT2D eigenvalue weighted by molar-refractivity contribution is 14.1. The Hall–Kier alpha value is -0.970. The molecule has 6 heteroatoms. The van der Waals surface area contributed by atoms with Crippen LogP contribution in [0.4, 0.5) is 14.5 Å². The minimum Gasteiger partial charge on any atom is -0.397 e. The Kier molecular flexibility index (Phi) is 3.57. The maximum absolute atomic E-state index is 12.3.